The number of carboxylic acid groups (broad SMARTS) is 1. The summed E-state index contributed by atoms with van der Waals surface area (Å²) in [5, 5.41) is 8.68. The Morgan fingerprint density at radius 1 is 1.47 bits per heavy atom. The average Bonchev–Trinajstić information content (AvgIpc) is 2.15. The molecule has 0 unspecified atom stereocenters. The standard InChI is InChI=1S/C9H10N2O3.ClH/c10-8(12)3-5-11-4-1-2-7(6-11)9(13)14;/h1-2,4,6H,3,5H2,(H2-,10,12,13,14);1H/p+1. The Balaban J connectivity index is 0.00000196. The average molecular weight is 232 g/mol. The van der Waals surface area contributed by atoms with Gasteiger partial charge in [-0.15, -0.1) is 12.4 Å². The summed E-state index contributed by atoms with van der Waals surface area (Å²) in [5.74, 6) is -1.39. The van der Waals surface area contributed by atoms with Crippen molar-refractivity contribution in [3.63, 3.8) is 0 Å². The molecule has 0 bridgehead atoms. The lowest BCUT2D eigenvalue weighted by atomic mass is 10.3. The third-order valence-electron chi connectivity index (χ3n) is 1.72. The van der Waals surface area contributed by atoms with Crippen LogP contribution in [0.1, 0.15) is 16.8 Å². The number of aryl methyl sites for hydroxylation is 1. The fourth-order valence-corrected chi connectivity index (χ4v) is 1.03. The Bertz CT molecular complexity index is 368. The number of carboxylic acids is 1. The van der Waals surface area contributed by atoms with Gasteiger partial charge in [0.25, 0.3) is 0 Å². The number of carbonyl (C=O) groups excluding carboxylic acids is 1. The zero-order valence-electron chi connectivity index (χ0n) is 7.92. The van der Waals surface area contributed by atoms with Crippen molar-refractivity contribution in [2.45, 2.75) is 13.0 Å². The van der Waals surface area contributed by atoms with Crippen LogP contribution in [0.2, 0.25) is 0 Å². The monoisotopic (exact) mass is 231 g/mol. The van der Waals surface area contributed by atoms with Crippen LogP contribution >= 0.6 is 12.4 Å². The molecule has 0 aliphatic heterocycles. The van der Waals surface area contributed by atoms with Crippen LogP contribution in [0, 0.1) is 0 Å². The highest BCUT2D eigenvalue weighted by molar-refractivity contribution is 5.86. The Morgan fingerprint density at radius 3 is 2.67 bits per heavy atom. The van der Waals surface area contributed by atoms with E-state index in [1.54, 1.807) is 16.8 Å². The molecule has 0 saturated heterocycles. The van der Waals surface area contributed by atoms with Crippen LogP contribution in [0.5, 0.6) is 0 Å². The molecule has 1 heterocycles. The van der Waals surface area contributed by atoms with Crippen LogP contribution in [-0.2, 0) is 11.3 Å². The van der Waals surface area contributed by atoms with Crippen LogP contribution in [0.4, 0.5) is 0 Å². The molecule has 0 saturated carbocycles. The minimum Gasteiger partial charge on any atom is -0.477 e. The van der Waals surface area contributed by atoms with Gasteiger partial charge in [-0.2, -0.15) is 0 Å². The van der Waals surface area contributed by atoms with Gasteiger partial charge in [0.2, 0.25) is 5.91 Å². The summed E-state index contributed by atoms with van der Waals surface area (Å²) in [5.41, 5.74) is 5.16. The first-order chi connectivity index (χ1) is 6.59. The van der Waals surface area contributed by atoms with E-state index in [4.69, 9.17) is 10.8 Å². The van der Waals surface area contributed by atoms with E-state index in [1.165, 1.54) is 12.3 Å². The van der Waals surface area contributed by atoms with Gasteiger partial charge in [0.15, 0.2) is 18.9 Å². The number of amides is 1. The van der Waals surface area contributed by atoms with Crippen molar-refractivity contribution in [2.75, 3.05) is 0 Å². The number of primary amides is 1. The third-order valence-corrected chi connectivity index (χ3v) is 1.72. The van der Waals surface area contributed by atoms with Crippen molar-refractivity contribution >= 4 is 24.3 Å². The van der Waals surface area contributed by atoms with E-state index < -0.39 is 11.9 Å². The number of pyridine rings is 1. The molecule has 15 heavy (non-hydrogen) atoms. The van der Waals surface area contributed by atoms with Gasteiger partial charge in [0.1, 0.15) is 5.56 Å². The maximum absolute atomic E-state index is 10.6. The molecule has 1 rings (SSSR count). The first-order valence-corrected chi connectivity index (χ1v) is 4.10. The molecule has 1 aromatic rings. The van der Waals surface area contributed by atoms with Gasteiger partial charge in [-0.25, -0.2) is 9.36 Å². The summed E-state index contributed by atoms with van der Waals surface area (Å²) in [7, 11) is 0. The van der Waals surface area contributed by atoms with Gasteiger partial charge in [-0.1, -0.05) is 0 Å². The zero-order valence-corrected chi connectivity index (χ0v) is 8.74. The first kappa shape index (κ1) is 13.4. The molecule has 0 fully saturated rings. The predicted molar refractivity (Wildman–Crippen MR) is 54.7 cm³/mol. The number of halogens is 1. The van der Waals surface area contributed by atoms with Crippen LogP contribution in [0.15, 0.2) is 24.5 Å². The fourth-order valence-electron chi connectivity index (χ4n) is 1.03. The predicted octanol–water partition coefficient (Wildman–Crippen LogP) is -0.0305. The summed E-state index contributed by atoms with van der Waals surface area (Å²) in [6.07, 6.45) is 3.36. The van der Waals surface area contributed by atoms with Crippen molar-refractivity contribution in [1.82, 2.24) is 0 Å². The SMILES string of the molecule is Cl.NC(=O)CC[n+]1cccc(C(=O)O)c1. The topological polar surface area (TPSA) is 84.3 Å². The van der Waals surface area contributed by atoms with Gasteiger partial charge < -0.3 is 10.8 Å². The molecule has 1 amide bonds. The second-order valence-electron chi connectivity index (χ2n) is 2.85. The minimum atomic E-state index is -0.988. The molecule has 0 radical (unpaired) electrons. The number of aromatic carboxylic acids is 1. The summed E-state index contributed by atoms with van der Waals surface area (Å²) in [4.78, 5) is 21.1. The van der Waals surface area contributed by atoms with Crippen molar-refractivity contribution in [1.29, 1.82) is 0 Å². The van der Waals surface area contributed by atoms with Crippen LogP contribution in [0.25, 0.3) is 0 Å². The highest BCUT2D eigenvalue weighted by Crippen LogP contribution is 1.93. The molecule has 0 spiro atoms. The lowest BCUT2D eigenvalue weighted by molar-refractivity contribution is -0.695. The lowest BCUT2D eigenvalue weighted by Gasteiger charge is -1.95. The Labute approximate surface area is 92.9 Å². The molecular weight excluding hydrogens is 220 g/mol. The fraction of sp³-hybridized carbons (Fsp3) is 0.222. The molecule has 0 aliphatic carbocycles. The summed E-state index contributed by atoms with van der Waals surface area (Å²) < 4.78 is 1.62. The summed E-state index contributed by atoms with van der Waals surface area (Å²) in [6.45, 7) is 0.399. The van der Waals surface area contributed by atoms with Gasteiger partial charge in [0.05, 0.1) is 6.42 Å². The largest absolute Gasteiger partial charge is 0.477 e. The molecule has 1 aromatic heterocycles. The minimum absolute atomic E-state index is 0. The van der Waals surface area contributed by atoms with Crippen molar-refractivity contribution in [3.8, 4) is 0 Å². The van der Waals surface area contributed by atoms with Gasteiger partial charge >= 0.3 is 5.97 Å². The van der Waals surface area contributed by atoms with Crippen molar-refractivity contribution in [2.24, 2.45) is 5.73 Å². The Morgan fingerprint density at radius 2 is 2.13 bits per heavy atom. The summed E-state index contributed by atoms with van der Waals surface area (Å²) in [6, 6.07) is 3.10. The van der Waals surface area contributed by atoms with E-state index in [9.17, 15) is 9.59 Å². The smallest absolute Gasteiger partial charge is 0.341 e. The molecule has 0 aliphatic rings. The quantitative estimate of drug-likeness (QED) is 0.714. The van der Waals surface area contributed by atoms with Gasteiger partial charge in [-0.05, 0) is 6.07 Å². The van der Waals surface area contributed by atoms with Crippen molar-refractivity contribution in [3.05, 3.63) is 30.1 Å². The van der Waals surface area contributed by atoms with E-state index in [1.807, 2.05) is 0 Å². The number of rotatable bonds is 4. The number of aromatic nitrogens is 1. The lowest BCUT2D eigenvalue weighted by Crippen LogP contribution is -2.35. The Hall–Kier alpha value is -1.62. The molecule has 0 aromatic carbocycles. The van der Waals surface area contributed by atoms with Crippen molar-refractivity contribution < 1.29 is 19.3 Å². The van der Waals surface area contributed by atoms with Crippen LogP contribution < -0.4 is 10.3 Å². The number of hydrogen-bond donors (Lipinski definition) is 2. The second kappa shape index (κ2) is 5.98. The van der Waals surface area contributed by atoms with E-state index >= 15 is 0 Å². The van der Waals surface area contributed by atoms with E-state index in [0.29, 0.717) is 6.54 Å². The third kappa shape index (κ3) is 4.42. The van der Waals surface area contributed by atoms with Crippen LogP contribution in [0.3, 0.4) is 0 Å². The van der Waals surface area contributed by atoms with Crippen LogP contribution in [-0.4, -0.2) is 17.0 Å². The highest BCUT2D eigenvalue weighted by atomic mass is 35.5. The molecule has 5 nitrogen and oxygen atoms in total. The Kier molecular flexibility index (Phi) is 5.33. The zero-order chi connectivity index (χ0) is 10.6. The number of carbonyl (C=O) groups is 2. The number of nitrogens with zero attached hydrogens (tertiary/aromatic N) is 1. The van der Waals surface area contributed by atoms with E-state index in [0.717, 1.165) is 0 Å². The molecule has 3 N–H and O–H groups in total. The normalized spacial score (nSPS) is 9.07. The molecule has 6 heteroatoms. The molecule has 82 valence electrons. The maximum atomic E-state index is 10.6. The van der Waals surface area contributed by atoms with E-state index in [2.05, 4.69) is 0 Å². The number of hydrogen-bond acceptors (Lipinski definition) is 2. The first-order valence-electron chi connectivity index (χ1n) is 4.10. The summed E-state index contributed by atoms with van der Waals surface area (Å²) >= 11 is 0. The second-order valence-corrected chi connectivity index (χ2v) is 2.85. The molecular formula is C9H12ClN2O3+. The van der Waals surface area contributed by atoms with E-state index in [-0.39, 0.29) is 24.4 Å². The maximum Gasteiger partial charge on any atom is 0.341 e. The highest BCUT2D eigenvalue weighted by Gasteiger charge is 2.09. The van der Waals surface area contributed by atoms with Gasteiger partial charge in [0, 0.05) is 6.07 Å². The van der Waals surface area contributed by atoms with Gasteiger partial charge in [-0.3, -0.25) is 4.79 Å². The number of nitrogens with two attached hydrogens (primary N) is 1. The molecule has 0 atom stereocenters.